The molecule has 3 saturated heterocycles. The summed E-state index contributed by atoms with van der Waals surface area (Å²) >= 11 is 0. The molecule has 3 aromatic heterocycles. The first-order valence-electron chi connectivity index (χ1n) is 31.2. The van der Waals surface area contributed by atoms with Crippen LogP contribution in [0, 0.1) is 5.92 Å². The van der Waals surface area contributed by atoms with E-state index >= 15 is 0 Å². The summed E-state index contributed by atoms with van der Waals surface area (Å²) < 4.78 is 105. The molecule has 6 heterocycles. The molecule has 472 valence electrons. The molecule has 3 aliphatic rings. The van der Waals surface area contributed by atoms with Crippen LogP contribution in [0.5, 0.6) is 0 Å². The molecule has 0 spiro atoms. The first-order valence-corrected chi connectivity index (χ1v) is 33.6. The number of nitrogens with two attached hydrogens (primary N) is 1. The number of hydrogen-bond acceptors (Lipinski definition) is 20. The van der Waals surface area contributed by atoms with Crippen molar-refractivity contribution in [2.75, 3.05) is 71.6 Å². The lowest BCUT2D eigenvalue weighted by Crippen LogP contribution is -2.50. The van der Waals surface area contributed by atoms with Crippen molar-refractivity contribution in [2.45, 2.75) is 152 Å². The highest BCUT2D eigenvalue weighted by molar-refractivity contribution is 6.74. The largest absolute Gasteiger partial charge is 0.408 e. The summed E-state index contributed by atoms with van der Waals surface area (Å²) in [6.45, 7) is 22.6. The lowest BCUT2D eigenvalue weighted by atomic mass is 10.0. The highest BCUT2D eigenvalue weighted by Gasteiger charge is 2.53. The average molecular weight is 1240 g/mol. The van der Waals surface area contributed by atoms with Crippen molar-refractivity contribution in [1.29, 1.82) is 0 Å². The van der Waals surface area contributed by atoms with E-state index in [0.29, 0.717) is 11.1 Å². The highest BCUT2D eigenvalue weighted by Crippen LogP contribution is 2.43. The second kappa shape index (κ2) is 29.7. The summed E-state index contributed by atoms with van der Waals surface area (Å²) in [4.78, 5) is 73.9. The van der Waals surface area contributed by atoms with Crippen molar-refractivity contribution in [2.24, 2.45) is 5.92 Å². The van der Waals surface area contributed by atoms with Gasteiger partial charge in [-0.3, -0.25) is 23.3 Å². The van der Waals surface area contributed by atoms with E-state index in [2.05, 4.69) is 80.2 Å². The van der Waals surface area contributed by atoms with Crippen LogP contribution in [0.15, 0.2) is 112 Å². The Hall–Kier alpha value is -6.19. The molecule has 0 bridgehead atoms. The lowest BCUT2D eigenvalue weighted by molar-refractivity contribution is -0.0667. The second-order valence-corrected chi connectivity index (χ2v) is 33.3. The number of aromatic nitrogens is 6. The van der Waals surface area contributed by atoms with E-state index < -0.39 is 122 Å². The molecule has 3 fully saturated rings. The van der Waals surface area contributed by atoms with Crippen LogP contribution in [-0.2, 0) is 46.7 Å². The monoisotopic (exact) mass is 1240 g/mol. The fourth-order valence-electron chi connectivity index (χ4n) is 9.13. The first kappa shape index (κ1) is 60.1. The Morgan fingerprint density at radius 3 is 1.42 bits per heavy atom. The maximum absolute atomic E-state index is 13.0. The molecule has 3 aliphatic heterocycles. The fourth-order valence-corrected chi connectivity index (χ4v) is 11.8. The van der Waals surface area contributed by atoms with Gasteiger partial charge < -0.3 is 68.2 Å². The number of ether oxygens (including phenoxy) is 8. The van der Waals surface area contributed by atoms with E-state index in [1.54, 1.807) is 60.7 Å². The quantitative estimate of drug-likeness (QED) is 0.0664. The van der Waals surface area contributed by atoms with Crippen molar-refractivity contribution in [3.63, 3.8) is 0 Å². The van der Waals surface area contributed by atoms with Gasteiger partial charge in [0.25, 0.3) is 11.8 Å². The number of hydrogen-bond donors (Lipinski definition) is 4. The van der Waals surface area contributed by atoms with E-state index in [1.165, 1.54) is 60.1 Å². The van der Waals surface area contributed by atoms with Gasteiger partial charge in [0.2, 0.25) is 0 Å². The number of nitrogen functional groups attached to an aromatic ring is 1. The number of anilines is 3. The van der Waals surface area contributed by atoms with Crippen LogP contribution < -0.4 is 33.4 Å². The van der Waals surface area contributed by atoms with Crippen LogP contribution in [0.3, 0.4) is 0 Å². The summed E-state index contributed by atoms with van der Waals surface area (Å²) in [6, 6.07) is 21.7. The van der Waals surface area contributed by atoms with Gasteiger partial charge >= 0.3 is 17.1 Å². The predicted octanol–water partition coefficient (Wildman–Crippen LogP) is 6.26. The van der Waals surface area contributed by atoms with Crippen molar-refractivity contribution in [3.8, 4) is 0 Å². The lowest BCUT2D eigenvalue weighted by Gasteiger charge is -2.40. The van der Waals surface area contributed by atoms with Crippen molar-refractivity contribution in [3.05, 3.63) is 140 Å². The van der Waals surface area contributed by atoms with Crippen molar-refractivity contribution in [1.82, 2.24) is 28.7 Å². The van der Waals surface area contributed by atoms with Crippen LogP contribution in [-0.4, -0.2) is 166 Å². The van der Waals surface area contributed by atoms with Gasteiger partial charge in [0, 0.05) is 71.0 Å². The van der Waals surface area contributed by atoms with E-state index in [0.717, 1.165) is 4.57 Å². The maximum Gasteiger partial charge on any atom is 0.351 e. The zero-order valence-electron chi connectivity index (χ0n) is 56.9. The van der Waals surface area contributed by atoms with E-state index in [4.69, 9.17) is 60.7 Å². The summed E-state index contributed by atoms with van der Waals surface area (Å²) in [7, 11) is -5.92. The van der Waals surface area contributed by atoms with Gasteiger partial charge in [0.15, 0.2) is 35.3 Å². The number of nitrogens with zero attached hydrogens (tertiary/aromatic N) is 6. The molecule has 2 amide bonds. The Morgan fingerprint density at radius 2 is 0.988 bits per heavy atom. The molecule has 2 aromatic carbocycles. The Bertz CT molecular complexity index is 3390. The fraction of sp³-hybridized carbons (Fsp3) is 0.559. The van der Waals surface area contributed by atoms with Gasteiger partial charge in [0.1, 0.15) is 60.2 Å². The first-order chi connectivity index (χ1) is 43.1. The molecule has 0 saturated carbocycles. The molecule has 27 heteroatoms. The maximum atomic E-state index is 13.0. The Morgan fingerprint density at radius 1 is 0.605 bits per heavy atom. The van der Waals surface area contributed by atoms with Crippen LogP contribution in [0.25, 0.3) is 0 Å². The Balaban J connectivity index is 0.000000222. The molecule has 25 nitrogen and oxygen atoms in total. The number of benzene rings is 2. The zero-order chi connectivity index (χ0) is 68.2. The molecule has 5 aromatic rings. The zero-order valence-corrected chi connectivity index (χ0v) is 52.9. The molecule has 8 rings (SSSR count). The molecule has 5 N–H and O–H groups in total. The van der Waals surface area contributed by atoms with Gasteiger partial charge in [0.05, 0.1) is 34.1 Å². The van der Waals surface area contributed by atoms with Crippen molar-refractivity contribution < 1.29 is 69.7 Å². The van der Waals surface area contributed by atoms with E-state index in [1.807, 2.05) is 20.0 Å². The minimum Gasteiger partial charge on any atom is -0.408 e. The van der Waals surface area contributed by atoms with E-state index in [9.17, 15) is 29.1 Å². The topological polar surface area (TPSA) is 301 Å². The summed E-state index contributed by atoms with van der Waals surface area (Å²) in [5, 5.41) is 15.9. The molecule has 0 radical (unpaired) electrons. The van der Waals surface area contributed by atoms with Crippen LogP contribution in [0.2, 0.25) is 36.3 Å². The average Bonchev–Trinajstić information content (AvgIpc) is 1.63. The Kier molecular flexibility index (Phi) is 20.7. The SMILES string of the molecule is [2H]C([3H])OCC1OC(n2ccc(N)nc2=O)C(O)C1O[Si](C)(C)C(C)(C)C.[2H]C([3H])OCC1OC(n2ccc(NC(=O)c3ccccc3)nc2=O)C(OC)C1C.[2H]C([3H])OCC1OC(n2ccc(NC(=O)c3ccccc3)nc2=O)C(OC)C1O[Si](C)(C)C(C)(C)C. The van der Waals surface area contributed by atoms with E-state index in [-0.39, 0.29) is 65.1 Å². The predicted molar refractivity (Wildman–Crippen MR) is 327 cm³/mol. The summed E-state index contributed by atoms with van der Waals surface area (Å²) in [5.74, 6) is -0.568. The van der Waals surface area contributed by atoms with Crippen LogP contribution in [0.1, 0.15) is 96.1 Å². The van der Waals surface area contributed by atoms with Crippen LogP contribution >= 0.6 is 0 Å². The number of carbonyl (C=O) groups is 2. The second-order valence-electron chi connectivity index (χ2n) is 23.8. The van der Waals surface area contributed by atoms with Crippen LogP contribution in [0.4, 0.5) is 17.5 Å². The summed E-state index contributed by atoms with van der Waals surface area (Å²) in [6.07, 6.45) is -3.73. The normalized spacial score (nSPS) is 27.0. The number of aliphatic hydroxyl groups is 1. The smallest absolute Gasteiger partial charge is 0.351 e. The molecule has 15 unspecified atom stereocenters. The molecule has 15 atom stereocenters. The number of carbonyl (C=O) groups excluding carboxylic acids is 2. The third kappa shape index (κ3) is 16.7. The van der Waals surface area contributed by atoms with Gasteiger partial charge in [-0.05, 0) is 78.7 Å². The van der Waals surface area contributed by atoms with Crippen molar-refractivity contribution >= 4 is 45.9 Å². The molecule has 86 heavy (non-hydrogen) atoms. The number of methoxy groups -OCH3 is 5. The standard InChI is InChI=1S/C24H35N3O6Si.C19H23N3O5.C16H29N3O5Si/c1-24(2,3)34(6,7)33-19-17(15-30-4)32-22(20(19)31-5)27-14-13-18(26-23(27)29)25-21(28)16-11-9-8-10-12-16;1-12-14(11-25-2)27-18(16(12)26-3)22-10-9-15(21-19(22)24)20-17(23)13-7-5-4-6-8-13;1-16(2,3)25(5,6)24-13-10(9-22-4)23-14(12(13)20)19-8-7-11(17)18-15(19)21/h8-14,17,19-20,22H,15H2,1-7H3,(H,25,26,28,29);4-10,12,14,16,18H,11H2,1-3H3,(H,20,21,23,24);7-8,10,12-14,20H,9H2,1-6H3,(H2,17,18,21)/i4TD;2TD;4TD. The van der Waals surface area contributed by atoms with Gasteiger partial charge in [-0.1, -0.05) is 84.9 Å². The number of amides is 2. The number of nitrogens with one attached hydrogen (secondary N) is 2. The number of rotatable bonds is 19. The molecule has 0 aliphatic carbocycles. The van der Waals surface area contributed by atoms with Gasteiger partial charge in [-0.2, -0.15) is 15.0 Å². The Labute approximate surface area is 512 Å². The minimum atomic E-state index is -2.29. The molecular weight excluding hydrogens is 1150 g/mol. The van der Waals surface area contributed by atoms with Gasteiger partial charge in [-0.25, -0.2) is 14.4 Å². The highest BCUT2D eigenvalue weighted by atomic mass is 28.4. The summed E-state index contributed by atoms with van der Waals surface area (Å²) in [5.41, 5.74) is 4.53. The number of aliphatic hydroxyl groups excluding tert-OH is 1. The molecular formula is C59H87N9O16Si2. The van der Waals surface area contributed by atoms with Gasteiger partial charge in [-0.15, -0.1) is 0 Å². The third-order valence-electron chi connectivity index (χ3n) is 16.0. The minimum absolute atomic E-state index is 0.0442. The third-order valence-corrected chi connectivity index (χ3v) is 24.9.